The van der Waals surface area contributed by atoms with Gasteiger partial charge in [-0.25, -0.2) is 9.38 Å². The number of allylic oxidation sites excluding steroid dienone is 1. The summed E-state index contributed by atoms with van der Waals surface area (Å²) in [4.78, 5) is 19.4. The molecule has 4 nitrogen and oxygen atoms in total. The summed E-state index contributed by atoms with van der Waals surface area (Å²) >= 11 is 5.60. The lowest BCUT2D eigenvalue weighted by Gasteiger charge is -2.30. The number of aryl methyl sites for hydroxylation is 1. The molecule has 1 N–H and O–H groups in total. The maximum atomic E-state index is 13.8. The van der Waals surface area contributed by atoms with Crippen LogP contribution in [0.25, 0.3) is 11.8 Å². The van der Waals surface area contributed by atoms with E-state index in [0.29, 0.717) is 14.9 Å². The number of nitrogens with zero attached hydrogens (tertiary/aromatic N) is 2. The van der Waals surface area contributed by atoms with E-state index in [1.54, 1.807) is 22.8 Å². The van der Waals surface area contributed by atoms with E-state index in [9.17, 15) is 14.3 Å². The van der Waals surface area contributed by atoms with Crippen molar-refractivity contribution < 1.29 is 9.50 Å². The van der Waals surface area contributed by atoms with Gasteiger partial charge in [0.25, 0.3) is 5.56 Å². The van der Waals surface area contributed by atoms with Crippen molar-refractivity contribution in [1.29, 1.82) is 0 Å². The van der Waals surface area contributed by atoms with E-state index in [-0.39, 0.29) is 23.2 Å². The molecule has 8 heteroatoms. The molecule has 0 saturated carbocycles. The molecule has 2 heterocycles. The average molecular weight is 706 g/mol. The maximum Gasteiger partial charge on any atom is 0.271 e. The van der Waals surface area contributed by atoms with Gasteiger partial charge in [-0.1, -0.05) is 47.7 Å². The van der Waals surface area contributed by atoms with Crippen LogP contribution in [0.3, 0.4) is 0 Å². The molecular formula is C27H17FI2N2O2S. The van der Waals surface area contributed by atoms with E-state index in [1.165, 1.54) is 29.0 Å². The van der Waals surface area contributed by atoms with E-state index in [2.05, 4.69) is 57.3 Å². The Kier molecular flexibility index (Phi) is 5.92. The number of rotatable bonds is 2. The van der Waals surface area contributed by atoms with Gasteiger partial charge in [-0.3, -0.25) is 9.36 Å². The zero-order chi connectivity index (χ0) is 24.3. The second-order valence-corrected chi connectivity index (χ2v) is 11.9. The molecule has 1 atom stereocenters. The molecule has 0 spiro atoms. The Hall–Kier alpha value is -2.31. The SMILES string of the molecule is O=c1/c(=C\c2cc(I)cc(I)c2O)sc2n1[C@@H](c1ccc(F)cc1)C1=C(N=2)c2ccccc2CC1. The first-order chi connectivity index (χ1) is 16.9. The number of phenols is 1. The number of aromatic hydroxyl groups is 1. The van der Waals surface area contributed by atoms with Gasteiger partial charge in [0.15, 0.2) is 4.80 Å². The third kappa shape index (κ3) is 3.99. The molecule has 1 aliphatic carbocycles. The van der Waals surface area contributed by atoms with Gasteiger partial charge in [-0.2, -0.15) is 0 Å². The van der Waals surface area contributed by atoms with Crippen LogP contribution in [0.5, 0.6) is 5.75 Å². The van der Waals surface area contributed by atoms with Gasteiger partial charge in [0.05, 0.1) is 19.8 Å². The summed E-state index contributed by atoms with van der Waals surface area (Å²) in [5.41, 5.74) is 5.59. The Morgan fingerprint density at radius 3 is 2.66 bits per heavy atom. The Balaban J connectivity index is 1.64. The minimum Gasteiger partial charge on any atom is -0.506 e. The van der Waals surface area contributed by atoms with Gasteiger partial charge in [0.1, 0.15) is 11.6 Å². The van der Waals surface area contributed by atoms with Crippen molar-refractivity contribution in [3.8, 4) is 5.75 Å². The normalized spacial score (nSPS) is 17.0. The predicted molar refractivity (Wildman–Crippen MR) is 153 cm³/mol. The smallest absolute Gasteiger partial charge is 0.271 e. The van der Waals surface area contributed by atoms with Crippen LogP contribution in [0.2, 0.25) is 0 Å². The Morgan fingerprint density at radius 2 is 1.86 bits per heavy atom. The Morgan fingerprint density at radius 1 is 1.09 bits per heavy atom. The molecule has 2 aliphatic rings. The van der Waals surface area contributed by atoms with E-state index in [1.807, 2.05) is 24.3 Å². The van der Waals surface area contributed by atoms with Crippen molar-refractivity contribution in [2.75, 3.05) is 0 Å². The van der Waals surface area contributed by atoms with Crippen LogP contribution in [0.15, 0.2) is 76.0 Å². The highest BCUT2D eigenvalue weighted by atomic mass is 127. The number of phenolic OH excluding ortho intramolecular Hbond substituents is 1. The fourth-order valence-corrected chi connectivity index (χ4v) is 7.69. The van der Waals surface area contributed by atoms with Crippen LogP contribution in [0.4, 0.5) is 4.39 Å². The first kappa shape index (κ1) is 23.1. The van der Waals surface area contributed by atoms with Crippen LogP contribution in [-0.2, 0) is 6.42 Å². The van der Waals surface area contributed by atoms with Crippen LogP contribution < -0.4 is 14.9 Å². The first-order valence-corrected chi connectivity index (χ1v) is 13.9. The first-order valence-electron chi connectivity index (χ1n) is 11.0. The van der Waals surface area contributed by atoms with Crippen molar-refractivity contribution in [1.82, 2.24) is 4.57 Å². The number of fused-ring (bicyclic) bond motifs is 3. The second kappa shape index (κ2) is 8.97. The Labute approximate surface area is 231 Å². The van der Waals surface area contributed by atoms with Crippen molar-refractivity contribution in [2.24, 2.45) is 4.99 Å². The molecule has 35 heavy (non-hydrogen) atoms. The van der Waals surface area contributed by atoms with Gasteiger partial charge in [0, 0.05) is 14.7 Å². The number of hydrogen-bond donors (Lipinski definition) is 1. The molecule has 1 aliphatic heterocycles. The van der Waals surface area contributed by atoms with Gasteiger partial charge < -0.3 is 5.11 Å². The van der Waals surface area contributed by atoms with Gasteiger partial charge in [-0.15, -0.1) is 0 Å². The fraction of sp³-hybridized carbons (Fsp3) is 0.111. The number of hydrogen-bond acceptors (Lipinski definition) is 4. The molecule has 174 valence electrons. The lowest BCUT2D eigenvalue weighted by atomic mass is 9.83. The molecule has 0 amide bonds. The molecule has 0 radical (unpaired) electrons. The summed E-state index contributed by atoms with van der Waals surface area (Å²) in [6.07, 6.45) is 3.38. The zero-order valence-corrected chi connectivity index (χ0v) is 23.3. The van der Waals surface area contributed by atoms with Gasteiger partial charge >= 0.3 is 0 Å². The molecule has 0 fully saturated rings. The van der Waals surface area contributed by atoms with E-state index in [4.69, 9.17) is 4.99 Å². The summed E-state index contributed by atoms with van der Waals surface area (Å²) in [6, 6.07) is 18.0. The van der Waals surface area contributed by atoms with Crippen LogP contribution in [0, 0.1) is 13.0 Å². The molecule has 4 aromatic rings. The average Bonchev–Trinajstić information content (AvgIpc) is 3.16. The third-order valence-corrected chi connectivity index (χ3v) is 8.83. The standard InChI is InChI=1S/C27H17FI2N2O2S/c28-17-8-5-15(6-9-17)24-20-10-7-14-3-1-2-4-19(14)23(20)31-27-32(24)26(34)22(35-27)12-16-11-18(29)13-21(30)25(16)33/h1-6,8-9,11-13,24,33H,7,10H2/b22-12+/t24-/m0/s1. The molecule has 0 saturated heterocycles. The molecule has 0 unspecified atom stereocenters. The van der Waals surface area contributed by atoms with Crippen LogP contribution in [0.1, 0.15) is 34.7 Å². The van der Waals surface area contributed by atoms with E-state index in [0.717, 1.165) is 42.4 Å². The molecule has 3 aromatic carbocycles. The van der Waals surface area contributed by atoms with E-state index >= 15 is 0 Å². The zero-order valence-electron chi connectivity index (χ0n) is 18.1. The van der Waals surface area contributed by atoms with Crippen molar-refractivity contribution in [3.63, 3.8) is 0 Å². The van der Waals surface area contributed by atoms with Crippen LogP contribution in [-0.4, -0.2) is 9.67 Å². The highest BCUT2D eigenvalue weighted by molar-refractivity contribution is 14.1. The topological polar surface area (TPSA) is 54.6 Å². The summed E-state index contributed by atoms with van der Waals surface area (Å²) in [5, 5.41) is 10.6. The molecule has 6 rings (SSSR count). The van der Waals surface area contributed by atoms with E-state index < -0.39 is 0 Å². The van der Waals surface area contributed by atoms with Gasteiger partial charge in [-0.05, 0) is 105 Å². The minimum atomic E-state index is -0.359. The van der Waals surface area contributed by atoms with Crippen LogP contribution >= 0.6 is 56.5 Å². The van der Waals surface area contributed by atoms with Crippen molar-refractivity contribution in [2.45, 2.75) is 18.9 Å². The summed E-state index contributed by atoms with van der Waals surface area (Å²) < 4.78 is 17.7. The monoisotopic (exact) mass is 706 g/mol. The number of aromatic nitrogens is 1. The highest BCUT2D eigenvalue weighted by Crippen LogP contribution is 2.41. The lowest BCUT2D eigenvalue weighted by Crippen LogP contribution is -2.38. The van der Waals surface area contributed by atoms with Gasteiger partial charge in [0.2, 0.25) is 0 Å². The lowest BCUT2D eigenvalue weighted by molar-refractivity contribution is 0.470. The molecule has 0 bridgehead atoms. The Bertz CT molecular complexity index is 1720. The quantitative estimate of drug-likeness (QED) is 0.285. The number of thiazole rings is 1. The minimum absolute atomic E-state index is 0.153. The maximum absolute atomic E-state index is 13.8. The summed E-state index contributed by atoms with van der Waals surface area (Å²) in [7, 11) is 0. The number of benzene rings is 3. The summed E-state index contributed by atoms with van der Waals surface area (Å²) in [5.74, 6) is -0.159. The number of halogens is 3. The third-order valence-electron chi connectivity index (χ3n) is 6.40. The second-order valence-electron chi connectivity index (χ2n) is 8.49. The largest absolute Gasteiger partial charge is 0.506 e. The molecular weight excluding hydrogens is 689 g/mol. The summed E-state index contributed by atoms with van der Waals surface area (Å²) in [6.45, 7) is 0. The fourth-order valence-electron chi connectivity index (χ4n) is 4.80. The van der Waals surface area contributed by atoms with Crippen molar-refractivity contribution in [3.05, 3.63) is 121 Å². The van der Waals surface area contributed by atoms with Crippen molar-refractivity contribution >= 4 is 68.3 Å². The highest BCUT2D eigenvalue weighted by Gasteiger charge is 2.32. The predicted octanol–water partition coefficient (Wildman–Crippen LogP) is 5.37. The molecule has 1 aromatic heterocycles.